The van der Waals surface area contributed by atoms with Gasteiger partial charge in [0.25, 0.3) is 0 Å². The molecule has 1 heterocycles. The molecule has 0 radical (unpaired) electrons. The molecule has 1 amide bonds. The third-order valence-electron chi connectivity index (χ3n) is 2.88. The maximum atomic E-state index is 11.8. The minimum Gasteiger partial charge on any atom is -0.326 e. The molecule has 0 aliphatic carbocycles. The molecule has 0 saturated heterocycles. The average Bonchev–Trinajstić information content (AvgIpc) is 2.35. The summed E-state index contributed by atoms with van der Waals surface area (Å²) in [6.07, 6.45) is 3.76. The third-order valence-corrected chi connectivity index (χ3v) is 2.88. The molecule has 0 aliphatic rings. The fraction of sp³-hybridized carbons (Fsp3) is 0.200. The van der Waals surface area contributed by atoms with Gasteiger partial charge in [-0.25, -0.2) is 0 Å². The number of aromatic nitrogens is 1. The number of benzene rings is 1. The zero-order valence-corrected chi connectivity index (χ0v) is 10.6. The first-order valence-electron chi connectivity index (χ1n) is 5.91. The fourth-order valence-electron chi connectivity index (χ4n) is 1.71. The van der Waals surface area contributed by atoms with Crippen molar-refractivity contribution in [2.45, 2.75) is 20.3 Å². The molecule has 18 heavy (non-hydrogen) atoms. The van der Waals surface area contributed by atoms with Crippen LogP contribution in [0.15, 0.2) is 42.7 Å². The molecule has 2 aromatic rings. The van der Waals surface area contributed by atoms with E-state index in [0.717, 1.165) is 11.3 Å². The van der Waals surface area contributed by atoms with Crippen molar-refractivity contribution in [1.82, 2.24) is 4.98 Å². The first kappa shape index (κ1) is 12.3. The van der Waals surface area contributed by atoms with E-state index in [1.165, 1.54) is 11.1 Å². The highest BCUT2D eigenvalue weighted by atomic mass is 16.1. The van der Waals surface area contributed by atoms with Crippen LogP contribution in [0.3, 0.4) is 0 Å². The van der Waals surface area contributed by atoms with E-state index >= 15 is 0 Å². The molecule has 1 N–H and O–H groups in total. The van der Waals surface area contributed by atoms with E-state index in [9.17, 15) is 4.79 Å². The van der Waals surface area contributed by atoms with Crippen molar-refractivity contribution in [2.24, 2.45) is 0 Å². The normalized spacial score (nSPS) is 10.1. The number of hydrogen-bond donors (Lipinski definition) is 1. The molecule has 92 valence electrons. The summed E-state index contributed by atoms with van der Waals surface area (Å²) in [4.78, 5) is 15.8. The average molecular weight is 240 g/mol. The van der Waals surface area contributed by atoms with Crippen molar-refractivity contribution < 1.29 is 4.79 Å². The minimum absolute atomic E-state index is 0.0220. The van der Waals surface area contributed by atoms with Crippen molar-refractivity contribution in [3.63, 3.8) is 0 Å². The highest BCUT2D eigenvalue weighted by Gasteiger charge is 2.04. The lowest BCUT2D eigenvalue weighted by Crippen LogP contribution is -2.14. The van der Waals surface area contributed by atoms with Gasteiger partial charge in [0.2, 0.25) is 5.91 Å². The van der Waals surface area contributed by atoms with Gasteiger partial charge in [-0.15, -0.1) is 0 Å². The summed E-state index contributed by atoms with van der Waals surface area (Å²) in [7, 11) is 0. The number of carbonyl (C=O) groups is 1. The number of hydrogen-bond acceptors (Lipinski definition) is 2. The van der Waals surface area contributed by atoms with Gasteiger partial charge in [0.05, 0.1) is 6.42 Å². The summed E-state index contributed by atoms with van der Waals surface area (Å²) in [6.45, 7) is 4.09. The molecule has 0 fully saturated rings. The Labute approximate surface area is 107 Å². The second-order valence-electron chi connectivity index (χ2n) is 4.39. The van der Waals surface area contributed by atoms with Gasteiger partial charge in [-0.2, -0.15) is 0 Å². The second kappa shape index (κ2) is 5.45. The summed E-state index contributed by atoms with van der Waals surface area (Å²) in [6, 6.07) is 9.64. The number of amides is 1. The predicted molar refractivity (Wildman–Crippen MR) is 72.5 cm³/mol. The van der Waals surface area contributed by atoms with Crippen molar-refractivity contribution in [1.29, 1.82) is 0 Å². The van der Waals surface area contributed by atoms with E-state index in [-0.39, 0.29) is 5.91 Å². The van der Waals surface area contributed by atoms with Gasteiger partial charge in [-0.05, 0) is 48.7 Å². The number of anilines is 1. The van der Waals surface area contributed by atoms with Crippen molar-refractivity contribution in [3.8, 4) is 0 Å². The first-order valence-corrected chi connectivity index (χ1v) is 5.91. The Balaban J connectivity index is 2.01. The fourth-order valence-corrected chi connectivity index (χ4v) is 1.71. The van der Waals surface area contributed by atoms with Crippen LogP contribution in [-0.4, -0.2) is 10.9 Å². The minimum atomic E-state index is -0.0220. The highest BCUT2D eigenvalue weighted by Crippen LogP contribution is 2.14. The van der Waals surface area contributed by atoms with Crippen LogP contribution in [0, 0.1) is 13.8 Å². The highest BCUT2D eigenvalue weighted by molar-refractivity contribution is 5.92. The molecule has 1 aromatic heterocycles. The van der Waals surface area contributed by atoms with Crippen LogP contribution < -0.4 is 5.32 Å². The molecule has 0 unspecified atom stereocenters. The maximum Gasteiger partial charge on any atom is 0.228 e. The molecular formula is C15H16N2O. The Hall–Kier alpha value is -2.16. The van der Waals surface area contributed by atoms with Crippen LogP contribution in [0.1, 0.15) is 16.7 Å². The molecule has 2 rings (SSSR count). The monoisotopic (exact) mass is 240 g/mol. The van der Waals surface area contributed by atoms with Crippen LogP contribution in [0.2, 0.25) is 0 Å². The Kier molecular flexibility index (Phi) is 3.72. The first-order chi connectivity index (χ1) is 8.65. The lowest BCUT2D eigenvalue weighted by atomic mass is 10.1. The Morgan fingerprint density at radius 3 is 2.72 bits per heavy atom. The van der Waals surface area contributed by atoms with Crippen LogP contribution in [0.25, 0.3) is 0 Å². The van der Waals surface area contributed by atoms with Gasteiger partial charge in [0, 0.05) is 18.1 Å². The summed E-state index contributed by atoms with van der Waals surface area (Å²) in [5.41, 5.74) is 4.15. The standard InChI is InChI=1S/C15H16N2O/c1-11-5-6-14(8-12(11)2)17-15(18)9-13-4-3-7-16-10-13/h3-8,10H,9H2,1-2H3,(H,17,18). The van der Waals surface area contributed by atoms with Gasteiger partial charge in [-0.3, -0.25) is 9.78 Å². The predicted octanol–water partition coefficient (Wildman–Crippen LogP) is 2.88. The number of aryl methyl sites for hydroxylation is 2. The van der Waals surface area contributed by atoms with E-state index < -0.39 is 0 Å². The maximum absolute atomic E-state index is 11.8. The molecule has 1 aromatic carbocycles. The smallest absolute Gasteiger partial charge is 0.228 e. The molecule has 0 spiro atoms. The molecular weight excluding hydrogens is 224 g/mol. The Morgan fingerprint density at radius 1 is 1.22 bits per heavy atom. The number of nitrogens with one attached hydrogen (secondary N) is 1. The summed E-state index contributed by atoms with van der Waals surface area (Å²) in [5, 5.41) is 2.89. The zero-order chi connectivity index (χ0) is 13.0. The summed E-state index contributed by atoms with van der Waals surface area (Å²) in [5.74, 6) is -0.0220. The van der Waals surface area contributed by atoms with Gasteiger partial charge < -0.3 is 5.32 Å². The molecule has 0 atom stereocenters. The summed E-state index contributed by atoms with van der Waals surface area (Å²) < 4.78 is 0. The van der Waals surface area contributed by atoms with Gasteiger partial charge in [-0.1, -0.05) is 12.1 Å². The number of pyridine rings is 1. The van der Waals surface area contributed by atoms with E-state index in [0.29, 0.717) is 6.42 Å². The molecule has 3 nitrogen and oxygen atoms in total. The van der Waals surface area contributed by atoms with Crippen LogP contribution in [0.5, 0.6) is 0 Å². The zero-order valence-electron chi connectivity index (χ0n) is 10.6. The second-order valence-corrected chi connectivity index (χ2v) is 4.39. The van der Waals surface area contributed by atoms with Crippen molar-refractivity contribution >= 4 is 11.6 Å². The molecule has 3 heteroatoms. The molecule has 0 saturated carbocycles. The SMILES string of the molecule is Cc1ccc(NC(=O)Cc2cccnc2)cc1C. The number of carbonyl (C=O) groups excluding carboxylic acids is 1. The van der Waals surface area contributed by atoms with Crippen molar-refractivity contribution in [3.05, 3.63) is 59.4 Å². The lowest BCUT2D eigenvalue weighted by molar-refractivity contribution is -0.115. The molecule has 0 aliphatic heterocycles. The van der Waals surface area contributed by atoms with Crippen molar-refractivity contribution in [2.75, 3.05) is 5.32 Å². The lowest BCUT2D eigenvalue weighted by Gasteiger charge is -2.07. The largest absolute Gasteiger partial charge is 0.326 e. The Bertz CT molecular complexity index is 550. The Morgan fingerprint density at radius 2 is 2.06 bits per heavy atom. The van der Waals surface area contributed by atoms with Gasteiger partial charge in [0.1, 0.15) is 0 Å². The molecule has 0 bridgehead atoms. The quantitative estimate of drug-likeness (QED) is 0.896. The number of rotatable bonds is 3. The van der Waals surface area contributed by atoms with Crippen LogP contribution >= 0.6 is 0 Å². The van der Waals surface area contributed by atoms with Gasteiger partial charge >= 0.3 is 0 Å². The third kappa shape index (κ3) is 3.17. The topological polar surface area (TPSA) is 42.0 Å². The van der Waals surface area contributed by atoms with Gasteiger partial charge in [0.15, 0.2) is 0 Å². The van der Waals surface area contributed by atoms with E-state index in [1.807, 2.05) is 37.3 Å². The number of nitrogens with zero attached hydrogens (tertiary/aromatic N) is 1. The van der Waals surface area contributed by atoms with Crippen LogP contribution in [-0.2, 0) is 11.2 Å². The van der Waals surface area contributed by atoms with E-state index in [2.05, 4.69) is 17.2 Å². The summed E-state index contributed by atoms with van der Waals surface area (Å²) >= 11 is 0. The van der Waals surface area contributed by atoms with Crippen LogP contribution in [0.4, 0.5) is 5.69 Å². The van der Waals surface area contributed by atoms with E-state index in [1.54, 1.807) is 12.4 Å². The van der Waals surface area contributed by atoms with E-state index in [4.69, 9.17) is 0 Å².